The lowest BCUT2D eigenvalue weighted by molar-refractivity contribution is -1.01. The van der Waals surface area contributed by atoms with Crippen molar-refractivity contribution < 1.29 is 19.4 Å². The maximum absolute atomic E-state index is 12.3. The SMILES string of the molecule is CCC[NH+]1CC[NH+](CCCNC(=O)CN2NC(c3ccc(C)cc3)=CCC2=O)CC1. The van der Waals surface area contributed by atoms with Crippen molar-refractivity contribution in [1.29, 1.82) is 0 Å². The number of piperazine rings is 1. The monoisotopic (exact) mass is 415 g/mol. The quantitative estimate of drug-likeness (QED) is 0.382. The molecule has 1 aromatic rings. The molecule has 2 aliphatic rings. The summed E-state index contributed by atoms with van der Waals surface area (Å²) in [5.74, 6) is -0.203. The number of rotatable bonds is 9. The van der Waals surface area contributed by atoms with E-state index < -0.39 is 0 Å². The van der Waals surface area contributed by atoms with Crippen LogP contribution in [0, 0.1) is 6.92 Å². The summed E-state index contributed by atoms with van der Waals surface area (Å²) >= 11 is 0. The van der Waals surface area contributed by atoms with Gasteiger partial charge in [0, 0.05) is 19.4 Å². The Bertz CT molecular complexity index is 738. The first-order valence-electron chi connectivity index (χ1n) is 11.3. The standard InChI is InChI=1S/C23H35N5O2/c1-3-12-26-14-16-27(17-15-26)13-4-11-24-22(29)18-28-23(30)10-9-21(25-28)20-7-5-19(2)6-8-20/h5-9,25H,3-4,10-18H2,1-2H3,(H,24,29)/p+2. The lowest BCUT2D eigenvalue weighted by Gasteiger charge is -2.30. The molecule has 1 aromatic carbocycles. The Hall–Kier alpha value is -2.38. The van der Waals surface area contributed by atoms with Gasteiger partial charge >= 0.3 is 0 Å². The maximum atomic E-state index is 12.3. The van der Waals surface area contributed by atoms with E-state index in [4.69, 9.17) is 0 Å². The van der Waals surface area contributed by atoms with Crippen molar-refractivity contribution in [1.82, 2.24) is 15.8 Å². The molecule has 0 radical (unpaired) electrons. The number of aryl methyl sites for hydroxylation is 1. The van der Waals surface area contributed by atoms with Crippen molar-refractivity contribution in [3.05, 3.63) is 41.5 Å². The van der Waals surface area contributed by atoms with E-state index in [1.807, 2.05) is 37.3 Å². The molecular formula is C23H37N5O2+2. The predicted molar refractivity (Wildman–Crippen MR) is 118 cm³/mol. The largest absolute Gasteiger partial charge is 0.354 e. The summed E-state index contributed by atoms with van der Waals surface area (Å²) in [6.07, 6.45) is 4.42. The summed E-state index contributed by atoms with van der Waals surface area (Å²) in [7, 11) is 0. The number of hydrogen-bond donors (Lipinski definition) is 4. The Morgan fingerprint density at radius 2 is 1.77 bits per heavy atom. The summed E-state index contributed by atoms with van der Waals surface area (Å²) in [6, 6.07) is 8.12. The molecule has 0 aromatic heterocycles. The van der Waals surface area contributed by atoms with Crippen LogP contribution in [0.1, 0.15) is 37.3 Å². The van der Waals surface area contributed by atoms with Gasteiger partial charge in [-0.05, 0) is 25.0 Å². The molecule has 0 saturated carbocycles. The molecule has 3 rings (SSSR count). The van der Waals surface area contributed by atoms with E-state index in [-0.39, 0.29) is 18.4 Å². The van der Waals surface area contributed by atoms with Gasteiger partial charge in [-0.1, -0.05) is 36.8 Å². The third-order valence-corrected chi connectivity index (χ3v) is 6.00. The Labute approximate surface area is 180 Å². The fraction of sp³-hybridized carbons (Fsp3) is 0.565. The topological polar surface area (TPSA) is 70.3 Å². The molecule has 164 valence electrons. The van der Waals surface area contributed by atoms with Gasteiger partial charge in [0.1, 0.15) is 32.7 Å². The first-order chi connectivity index (χ1) is 14.5. The average Bonchev–Trinajstić information content (AvgIpc) is 2.75. The molecule has 0 unspecified atom stereocenters. The van der Waals surface area contributed by atoms with E-state index >= 15 is 0 Å². The molecule has 2 amide bonds. The minimum absolute atomic E-state index is 0.0357. The first-order valence-corrected chi connectivity index (χ1v) is 11.3. The van der Waals surface area contributed by atoms with Crippen molar-refractivity contribution in [2.45, 2.75) is 33.1 Å². The average molecular weight is 416 g/mol. The number of carbonyl (C=O) groups excluding carboxylic acids is 2. The zero-order valence-corrected chi connectivity index (χ0v) is 18.4. The highest BCUT2D eigenvalue weighted by Crippen LogP contribution is 2.17. The summed E-state index contributed by atoms with van der Waals surface area (Å²) in [5, 5.41) is 4.39. The second-order valence-electron chi connectivity index (χ2n) is 8.48. The van der Waals surface area contributed by atoms with Gasteiger partial charge in [-0.15, -0.1) is 0 Å². The molecule has 0 spiro atoms. The number of hydrogen-bond acceptors (Lipinski definition) is 3. The molecule has 1 saturated heterocycles. The first kappa shape index (κ1) is 22.3. The van der Waals surface area contributed by atoms with Crippen LogP contribution in [0.3, 0.4) is 0 Å². The maximum Gasteiger partial charge on any atom is 0.245 e. The Balaban J connectivity index is 1.36. The number of benzene rings is 1. The summed E-state index contributed by atoms with van der Waals surface area (Å²) in [5.41, 5.74) is 6.18. The smallest absolute Gasteiger partial charge is 0.245 e. The number of carbonyl (C=O) groups is 2. The predicted octanol–water partition coefficient (Wildman–Crippen LogP) is -1.23. The highest BCUT2D eigenvalue weighted by molar-refractivity contribution is 5.88. The van der Waals surface area contributed by atoms with Crippen molar-refractivity contribution in [2.24, 2.45) is 0 Å². The molecule has 7 heteroatoms. The van der Waals surface area contributed by atoms with Crippen LogP contribution < -0.4 is 20.5 Å². The number of nitrogens with zero attached hydrogens (tertiary/aromatic N) is 1. The van der Waals surface area contributed by atoms with Crippen molar-refractivity contribution >= 4 is 17.5 Å². The van der Waals surface area contributed by atoms with Gasteiger partial charge in [0.2, 0.25) is 11.8 Å². The van der Waals surface area contributed by atoms with Gasteiger partial charge in [0.25, 0.3) is 0 Å². The number of quaternary nitrogens is 2. The molecule has 2 heterocycles. The minimum atomic E-state index is -0.117. The van der Waals surface area contributed by atoms with E-state index in [0.29, 0.717) is 13.0 Å². The molecular weight excluding hydrogens is 378 g/mol. The van der Waals surface area contributed by atoms with Gasteiger partial charge in [0.15, 0.2) is 0 Å². The lowest BCUT2D eigenvalue weighted by Crippen LogP contribution is -3.28. The zero-order chi connectivity index (χ0) is 21.3. The zero-order valence-electron chi connectivity index (χ0n) is 18.4. The third-order valence-electron chi connectivity index (χ3n) is 6.00. The molecule has 0 bridgehead atoms. The second kappa shape index (κ2) is 11.1. The van der Waals surface area contributed by atoms with Gasteiger partial charge < -0.3 is 15.1 Å². The van der Waals surface area contributed by atoms with E-state index in [1.54, 1.807) is 9.80 Å². The highest BCUT2D eigenvalue weighted by atomic mass is 16.2. The fourth-order valence-corrected chi connectivity index (χ4v) is 4.17. The van der Waals surface area contributed by atoms with Gasteiger partial charge in [0.05, 0.1) is 18.8 Å². The molecule has 7 nitrogen and oxygen atoms in total. The van der Waals surface area contributed by atoms with E-state index in [2.05, 4.69) is 17.7 Å². The molecule has 0 aliphatic carbocycles. The number of amides is 2. The highest BCUT2D eigenvalue weighted by Gasteiger charge is 2.23. The second-order valence-corrected chi connectivity index (χ2v) is 8.48. The molecule has 30 heavy (non-hydrogen) atoms. The Morgan fingerprint density at radius 3 is 2.43 bits per heavy atom. The summed E-state index contributed by atoms with van der Waals surface area (Å²) in [6.45, 7) is 12.3. The normalized spacial score (nSPS) is 21.7. The van der Waals surface area contributed by atoms with Crippen LogP contribution in [0.15, 0.2) is 30.3 Å². The van der Waals surface area contributed by atoms with Crippen LogP contribution in [-0.2, 0) is 9.59 Å². The van der Waals surface area contributed by atoms with Crippen LogP contribution in [-0.4, -0.2) is 69.2 Å². The van der Waals surface area contributed by atoms with Crippen LogP contribution >= 0.6 is 0 Å². The van der Waals surface area contributed by atoms with Crippen molar-refractivity contribution in [3.63, 3.8) is 0 Å². The Kier molecular flexibility index (Phi) is 8.28. The molecule has 1 fully saturated rings. The van der Waals surface area contributed by atoms with Crippen molar-refractivity contribution in [2.75, 3.05) is 52.4 Å². The number of nitrogens with one attached hydrogen (secondary N) is 4. The van der Waals surface area contributed by atoms with Crippen LogP contribution in [0.5, 0.6) is 0 Å². The third kappa shape index (κ3) is 6.57. The number of hydrazine groups is 1. The molecule has 2 aliphatic heterocycles. The van der Waals surface area contributed by atoms with Crippen LogP contribution in [0.4, 0.5) is 0 Å². The fourth-order valence-electron chi connectivity index (χ4n) is 4.17. The lowest BCUT2D eigenvalue weighted by atomic mass is 10.1. The molecule has 4 N–H and O–H groups in total. The van der Waals surface area contributed by atoms with E-state index in [9.17, 15) is 9.59 Å². The van der Waals surface area contributed by atoms with E-state index in [1.165, 1.54) is 49.7 Å². The van der Waals surface area contributed by atoms with Crippen molar-refractivity contribution in [3.8, 4) is 0 Å². The van der Waals surface area contributed by atoms with Gasteiger partial charge in [-0.2, -0.15) is 0 Å². The van der Waals surface area contributed by atoms with Crippen LogP contribution in [0.2, 0.25) is 0 Å². The van der Waals surface area contributed by atoms with E-state index in [0.717, 1.165) is 24.2 Å². The van der Waals surface area contributed by atoms with Gasteiger partial charge in [-0.25, -0.2) is 5.01 Å². The minimum Gasteiger partial charge on any atom is -0.354 e. The molecule has 0 atom stereocenters. The van der Waals surface area contributed by atoms with Crippen LogP contribution in [0.25, 0.3) is 5.70 Å². The summed E-state index contributed by atoms with van der Waals surface area (Å²) < 4.78 is 0. The van der Waals surface area contributed by atoms with Gasteiger partial charge in [-0.3, -0.25) is 15.0 Å². The summed E-state index contributed by atoms with van der Waals surface area (Å²) in [4.78, 5) is 27.9. The Morgan fingerprint density at radius 1 is 1.10 bits per heavy atom.